The Kier molecular flexibility index (Phi) is 6.04. The first-order chi connectivity index (χ1) is 13.5. The number of nitrogens with one attached hydrogen (secondary N) is 1. The zero-order chi connectivity index (χ0) is 21.2. The molecule has 0 radical (unpaired) electrons. The molecule has 1 heterocycles. The van der Waals surface area contributed by atoms with Gasteiger partial charge >= 0.3 is 12.5 Å². The van der Waals surface area contributed by atoms with Crippen LogP contribution in [-0.2, 0) is 6.18 Å². The van der Waals surface area contributed by atoms with Gasteiger partial charge in [0.25, 0.3) is 0 Å². The Hall–Kier alpha value is -2.33. The van der Waals surface area contributed by atoms with Crippen molar-refractivity contribution >= 4 is 0 Å². The number of hydrogen-bond donors (Lipinski definition) is 1. The van der Waals surface area contributed by atoms with Crippen LogP contribution in [0.1, 0.15) is 22.7 Å². The van der Waals surface area contributed by atoms with Gasteiger partial charge in [0.2, 0.25) is 0 Å². The Morgan fingerprint density at radius 2 is 1.52 bits per heavy atom. The van der Waals surface area contributed by atoms with Crippen molar-refractivity contribution in [3.05, 3.63) is 65.0 Å². The molecule has 1 fully saturated rings. The molecule has 1 aliphatic heterocycles. The van der Waals surface area contributed by atoms with Gasteiger partial charge in [0.15, 0.2) is 0 Å². The highest BCUT2D eigenvalue weighted by molar-refractivity contribution is 5.41. The minimum atomic E-state index is -4.88. The van der Waals surface area contributed by atoms with Crippen molar-refractivity contribution in [2.75, 3.05) is 26.2 Å². The largest absolute Gasteiger partial charge is 0.573 e. The minimum Gasteiger partial charge on any atom is -0.406 e. The molecule has 0 spiro atoms. The van der Waals surface area contributed by atoms with E-state index in [-0.39, 0.29) is 5.56 Å². The monoisotopic (exact) mass is 422 g/mol. The third-order valence-corrected chi connectivity index (χ3v) is 4.56. The van der Waals surface area contributed by atoms with Gasteiger partial charge in [-0.05, 0) is 41.5 Å². The fraction of sp³-hybridized carbons (Fsp3) is 0.368. The molecular formula is C19H17F7N2O. The molecule has 1 aliphatic rings. The lowest BCUT2D eigenvalue weighted by atomic mass is 9.92. The number of nitrogens with zero attached hydrogens (tertiary/aromatic N) is 1. The maximum atomic E-state index is 13.9. The second-order valence-corrected chi connectivity index (χ2v) is 6.53. The third kappa shape index (κ3) is 5.39. The van der Waals surface area contributed by atoms with Crippen LogP contribution in [0.2, 0.25) is 0 Å². The standard InChI is InChI=1S/C19H17F7N2O/c20-13-3-6-16(18(21,22)23)15(11-13)17(28-9-7-27-8-10-28)12-1-4-14(5-2-12)29-19(24,25)26/h1-6,11,17,27H,7-10H2/t17-/m0/s1. The molecular weight excluding hydrogens is 405 g/mol. The van der Waals surface area contributed by atoms with Crippen LogP contribution in [0.25, 0.3) is 0 Å². The van der Waals surface area contributed by atoms with E-state index in [0.29, 0.717) is 37.8 Å². The molecule has 3 nitrogen and oxygen atoms in total. The molecule has 0 unspecified atom stereocenters. The highest BCUT2D eigenvalue weighted by atomic mass is 19.4. The van der Waals surface area contributed by atoms with Gasteiger partial charge in [0.05, 0.1) is 11.6 Å². The van der Waals surface area contributed by atoms with Crippen LogP contribution in [0.5, 0.6) is 5.75 Å². The summed E-state index contributed by atoms with van der Waals surface area (Å²) < 4.78 is 95.6. The molecule has 0 bridgehead atoms. The molecule has 1 N–H and O–H groups in total. The second-order valence-electron chi connectivity index (χ2n) is 6.53. The van der Waals surface area contributed by atoms with Crippen LogP contribution in [0.4, 0.5) is 30.7 Å². The van der Waals surface area contributed by atoms with Crippen LogP contribution in [0.15, 0.2) is 42.5 Å². The van der Waals surface area contributed by atoms with Crippen LogP contribution < -0.4 is 10.1 Å². The van der Waals surface area contributed by atoms with Gasteiger partial charge in [0, 0.05) is 26.2 Å². The molecule has 29 heavy (non-hydrogen) atoms. The van der Waals surface area contributed by atoms with E-state index in [0.717, 1.165) is 24.3 Å². The third-order valence-electron chi connectivity index (χ3n) is 4.56. The molecule has 0 amide bonds. The van der Waals surface area contributed by atoms with Gasteiger partial charge in [0.1, 0.15) is 11.6 Å². The quantitative estimate of drug-likeness (QED) is 0.721. The van der Waals surface area contributed by atoms with Crippen molar-refractivity contribution < 1.29 is 35.5 Å². The number of halogens is 7. The average Bonchev–Trinajstić information content (AvgIpc) is 2.62. The average molecular weight is 422 g/mol. The summed E-state index contributed by atoms with van der Waals surface area (Å²) in [6.07, 6.45) is -9.60. The van der Waals surface area contributed by atoms with E-state index in [2.05, 4.69) is 10.1 Å². The Morgan fingerprint density at radius 1 is 0.897 bits per heavy atom. The van der Waals surface area contributed by atoms with Gasteiger partial charge in [-0.3, -0.25) is 4.90 Å². The summed E-state index contributed by atoms with van der Waals surface area (Å²) in [7, 11) is 0. The zero-order valence-corrected chi connectivity index (χ0v) is 14.9. The van der Waals surface area contributed by atoms with Gasteiger partial charge in [-0.2, -0.15) is 13.2 Å². The van der Waals surface area contributed by atoms with Crippen LogP contribution in [0, 0.1) is 5.82 Å². The van der Waals surface area contributed by atoms with E-state index in [1.807, 2.05) is 0 Å². The lowest BCUT2D eigenvalue weighted by Gasteiger charge is -2.36. The molecule has 158 valence electrons. The Labute approximate surface area is 162 Å². The van der Waals surface area contributed by atoms with E-state index < -0.39 is 35.7 Å². The smallest absolute Gasteiger partial charge is 0.406 e. The van der Waals surface area contributed by atoms with Gasteiger partial charge in [-0.1, -0.05) is 12.1 Å². The maximum Gasteiger partial charge on any atom is 0.573 e. The SMILES string of the molecule is Fc1ccc(C(F)(F)F)c([C@H](c2ccc(OC(F)(F)F)cc2)N2CCNCC2)c1. The summed E-state index contributed by atoms with van der Waals surface area (Å²) in [5.74, 6) is -1.32. The highest BCUT2D eigenvalue weighted by Crippen LogP contribution is 2.40. The molecule has 0 aliphatic carbocycles. The lowest BCUT2D eigenvalue weighted by molar-refractivity contribution is -0.274. The summed E-state index contributed by atoms with van der Waals surface area (Å²) in [6.45, 7) is 1.81. The van der Waals surface area contributed by atoms with E-state index in [9.17, 15) is 30.7 Å². The van der Waals surface area contributed by atoms with Crippen molar-refractivity contribution in [2.45, 2.75) is 18.6 Å². The summed E-state index contributed by atoms with van der Waals surface area (Å²) in [5.41, 5.74) is -0.973. The minimum absolute atomic E-state index is 0.288. The summed E-state index contributed by atoms with van der Waals surface area (Å²) in [6, 6.07) is 5.86. The first kappa shape index (κ1) is 21.4. The van der Waals surface area contributed by atoms with Crippen molar-refractivity contribution in [3.8, 4) is 5.75 Å². The maximum absolute atomic E-state index is 13.9. The van der Waals surface area contributed by atoms with Crippen molar-refractivity contribution in [2.24, 2.45) is 0 Å². The van der Waals surface area contributed by atoms with Crippen LogP contribution >= 0.6 is 0 Å². The Balaban J connectivity index is 2.06. The molecule has 2 aromatic rings. The zero-order valence-electron chi connectivity index (χ0n) is 14.9. The van der Waals surface area contributed by atoms with Crippen LogP contribution in [0.3, 0.4) is 0 Å². The molecule has 0 aromatic heterocycles. The van der Waals surface area contributed by atoms with E-state index in [1.165, 1.54) is 12.1 Å². The van der Waals surface area contributed by atoms with Gasteiger partial charge in [-0.15, -0.1) is 13.2 Å². The van der Waals surface area contributed by atoms with Crippen LogP contribution in [-0.4, -0.2) is 37.4 Å². The Bertz CT molecular complexity index is 828. The molecule has 0 saturated carbocycles. The van der Waals surface area contributed by atoms with Crippen molar-refractivity contribution in [1.82, 2.24) is 10.2 Å². The lowest BCUT2D eigenvalue weighted by Crippen LogP contribution is -2.45. The molecule has 2 aromatic carbocycles. The van der Waals surface area contributed by atoms with Crippen molar-refractivity contribution in [1.29, 1.82) is 0 Å². The highest BCUT2D eigenvalue weighted by Gasteiger charge is 2.38. The predicted octanol–water partition coefficient (Wildman–Crippen LogP) is 4.74. The first-order valence-electron chi connectivity index (χ1n) is 8.72. The summed E-state index contributed by atoms with van der Waals surface area (Å²) >= 11 is 0. The number of hydrogen-bond acceptors (Lipinski definition) is 3. The fourth-order valence-corrected chi connectivity index (χ4v) is 3.40. The first-order valence-corrected chi connectivity index (χ1v) is 8.72. The topological polar surface area (TPSA) is 24.5 Å². The normalized spacial score (nSPS) is 17.2. The van der Waals surface area contributed by atoms with E-state index >= 15 is 0 Å². The number of ether oxygens (including phenoxy) is 1. The van der Waals surface area contributed by atoms with E-state index in [4.69, 9.17) is 0 Å². The summed E-state index contributed by atoms with van der Waals surface area (Å²) in [5, 5.41) is 3.08. The second kappa shape index (κ2) is 8.19. The van der Waals surface area contributed by atoms with E-state index in [1.54, 1.807) is 4.90 Å². The number of rotatable bonds is 4. The predicted molar refractivity (Wildman–Crippen MR) is 90.8 cm³/mol. The molecule has 1 saturated heterocycles. The fourth-order valence-electron chi connectivity index (χ4n) is 3.40. The van der Waals surface area contributed by atoms with Gasteiger partial charge < -0.3 is 10.1 Å². The van der Waals surface area contributed by atoms with Gasteiger partial charge in [-0.25, -0.2) is 4.39 Å². The molecule has 10 heteroatoms. The number of piperazine rings is 1. The summed E-state index contributed by atoms with van der Waals surface area (Å²) in [4.78, 5) is 1.74. The molecule has 1 atom stereocenters. The number of alkyl halides is 6. The molecule has 3 rings (SSSR count). The van der Waals surface area contributed by atoms with Crippen molar-refractivity contribution in [3.63, 3.8) is 0 Å². The number of benzene rings is 2. The Morgan fingerprint density at radius 3 is 2.07 bits per heavy atom.